The lowest BCUT2D eigenvalue weighted by atomic mass is 9.72. The van der Waals surface area contributed by atoms with Crippen LogP contribution >= 0.6 is 0 Å². The normalized spacial score (nSPS) is 9.70. The third kappa shape index (κ3) is 1.28. The number of hydrogen-bond acceptors (Lipinski definition) is 0. The van der Waals surface area contributed by atoms with E-state index in [1.165, 1.54) is 0 Å². The molecule has 0 spiro atoms. The van der Waals surface area contributed by atoms with Gasteiger partial charge in [-0.3, -0.25) is 0 Å². The minimum Gasteiger partial charge on any atom is -0.110 e. The van der Waals surface area contributed by atoms with E-state index in [0.717, 1.165) is 5.56 Å². The minimum absolute atomic E-state index is 0.477. The zero-order valence-corrected chi connectivity index (χ0v) is 5.89. The van der Waals surface area contributed by atoms with Crippen LogP contribution in [0.5, 0.6) is 0 Å². The van der Waals surface area contributed by atoms with Gasteiger partial charge in [-0.25, -0.2) is 0 Å². The molecule has 0 saturated carbocycles. The fraction of sp³-hybridized carbons (Fsp3) is 0.143. The molecule has 0 nitrogen and oxygen atoms in total. The monoisotopic (exact) mass is 122 g/mol. The summed E-state index contributed by atoms with van der Waals surface area (Å²) in [5.41, 5.74) is 2.62. The van der Waals surface area contributed by atoms with Gasteiger partial charge in [0.25, 0.3) is 0 Å². The number of aryl methyl sites for hydroxylation is 1. The van der Waals surface area contributed by atoms with Crippen LogP contribution in [0.2, 0.25) is 0 Å². The second-order valence-corrected chi connectivity index (χ2v) is 2.36. The molecule has 0 atom stereocenters. The summed E-state index contributed by atoms with van der Waals surface area (Å²) in [7, 11) is 16.5. The largest absolute Gasteiger partial charge is 0.112 e. The lowest BCUT2D eigenvalue weighted by molar-refractivity contribution is 1.52. The van der Waals surface area contributed by atoms with Crippen LogP contribution in [0.3, 0.4) is 0 Å². The van der Waals surface area contributed by atoms with Gasteiger partial charge in [-0.05, 0) is 6.92 Å². The smallest absolute Gasteiger partial charge is 0.110 e. The topological polar surface area (TPSA) is 0 Å². The molecular formula is C7H5B3. The zero-order valence-electron chi connectivity index (χ0n) is 5.89. The van der Waals surface area contributed by atoms with Gasteiger partial charge in [0.05, 0.1) is 0 Å². The summed E-state index contributed by atoms with van der Waals surface area (Å²) in [6.07, 6.45) is 0. The van der Waals surface area contributed by atoms with E-state index >= 15 is 0 Å². The molecule has 0 aromatic heterocycles. The molecule has 0 saturated heterocycles. The van der Waals surface area contributed by atoms with Gasteiger partial charge < -0.3 is 0 Å². The maximum absolute atomic E-state index is 5.52. The van der Waals surface area contributed by atoms with E-state index in [0.29, 0.717) is 16.4 Å². The van der Waals surface area contributed by atoms with Gasteiger partial charge in [0.2, 0.25) is 0 Å². The third-order valence-electron chi connectivity index (χ3n) is 1.39. The molecule has 0 N–H and O–H groups in total. The van der Waals surface area contributed by atoms with Crippen LogP contribution in [0, 0.1) is 6.92 Å². The molecule has 0 fully saturated rings. The molecule has 0 aliphatic heterocycles. The van der Waals surface area contributed by atoms with Gasteiger partial charge in [0, 0.05) is 0 Å². The third-order valence-corrected chi connectivity index (χ3v) is 1.39. The fourth-order valence-corrected chi connectivity index (χ4v) is 0.854. The number of hydrogen-bond donors (Lipinski definition) is 0. The van der Waals surface area contributed by atoms with E-state index < -0.39 is 0 Å². The maximum atomic E-state index is 5.52. The Morgan fingerprint density at radius 2 is 1.40 bits per heavy atom. The van der Waals surface area contributed by atoms with Crippen molar-refractivity contribution in [1.82, 2.24) is 0 Å². The Morgan fingerprint density at radius 3 is 1.80 bits per heavy atom. The van der Waals surface area contributed by atoms with Crippen molar-refractivity contribution in [2.75, 3.05) is 0 Å². The summed E-state index contributed by atoms with van der Waals surface area (Å²) in [5, 5.41) is 0. The molecule has 0 unspecified atom stereocenters. The Morgan fingerprint density at radius 1 is 1.00 bits per heavy atom. The van der Waals surface area contributed by atoms with Crippen molar-refractivity contribution in [3.05, 3.63) is 17.7 Å². The van der Waals surface area contributed by atoms with Crippen LogP contribution in [-0.4, -0.2) is 23.5 Å². The Hall–Kier alpha value is -0.585. The van der Waals surface area contributed by atoms with E-state index in [2.05, 4.69) is 0 Å². The summed E-state index contributed by atoms with van der Waals surface area (Å²) in [4.78, 5) is 0. The highest BCUT2D eigenvalue weighted by molar-refractivity contribution is 6.57. The lowest BCUT2D eigenvalue weighted by Crippen LogP contribution is -2.38. The van der Waals surface area contributed by atoms with Crippen molar-refractivity contribution < 1.29 is 0 Å². The molecule has 6 radical (unpaired) electrons. The predicted molar refractivity (Wildman–Crippen MR) is 47.3 cm³/mol. The van der Waals surface area contributed by atoms with Crippen molar-refractivity contribution in [1.29, 1.82) is 0 Å². The summed E-state index contributed by atoms with van der Waals surface area (Å²) >= 11 is 0. The molecule has 10 heavy (non-hydrogen) atoms. The molecule has 42 valence electrons. The molecule has 3 heteroatoms. The quantitative estimate of drug-likeness (QED) is 0.362. The van der Waals surface area contributed by atoms with Gasteiger partial charge in [0.1, 0.15) is 23.5 Å². The van der Waals surface area contributed by atoms with Crippen molar-refractivity contribution in [2.24, 2.45) is 0 Å². The van der Waals surface area contributed by atoms with Crippen LogP contribution in [0.25, 0.3) is 0 Å². The van der Waals surface area contributed by atoms with Gasteiger partial charge in [-0.2, -0.15) is 0 Å². The Labute approximate surface area is 65.3 Å². The molecule has 0 amide bonds. The van der Waals surface area contributed by atoms with E-state index in [-0.39, 0.29) is 0 Å². The fourth-order valence-electron chi connectivity index (χ4n) is 0.854. The Kier molecular flexibility index (Phi) is 1.93. The van der Waals surface area contributed by atoms with E-state index in [9.17, 15) is 0 Å². The molecule has 0 aliphatic carbocycles. The Balaban J connectivity index is 3.31. The van der Waals surface area contributed by atoms with Crippen molar-refractivity contribution in [3.63, 3.8) is 0 Å². The van der Waals surface area contributed by atoms with Crippen LogP contribution < -0.4 is 16.4 Å². The number of benzene rings is 1. The second kappa shape index (κ2) is 2.57. The molecule has 0 heterocycles. The van der Waals surface area contributed by atoms with Crippen molar-refractivity contribution in [3.8, 4) is 0 Å². The summed E-state index contributed by atoms with van der Waals surface area (Å²) in [6.45, 7) is 1.92. The average Bonchev–Trinajstić information content (AvgIpc) is 1.82. The summed E-state index contributed by atoms with van der Waals surface area (Å²) in [6, 6.07) is 3.59. The van der Waals surface area contributed by atoms with E-state index in [4.69, 9.17) is 23.5 Å². The maximum Gasteiger partial charge on any atom is 0.112 e. The van der Waals surface area contributed by atoms with E-state index in [1.54, 1.807) is 12.1 Å². The summed E-state index contributed by atoms with van der Waals surface area (Å²) in [5.74, 6) is 0. The van der Waals surface area contributed by atoms with E-state index in [1.807, 2.05) is 6.92 Å². The molecule has 1 aromatic carbocycles. The van der Waals surface area contributed by atoms with Gasteiger partial charge in [-0.1, -0.05) is 17.7 Å². The SMILES string of the molecule is [B]c1cc(C)cc([B])c1[B]. The van der Waals surface area contributed by atoms with Gasteiger partial charge in [0.15, 0.2) is 0 Å². The lowest BCUT2D eigenvalue weighted by Gasteiger charge is -2.06. The first kappa shape index (κ1) is 7.52. The minimum atomic E-state index is 0.477. The van der Waals surface area contributed by atoms with Crippen LogP contribution in [0.15, 0.2) is 12.1 Å². The first-order valence-corrected chi connectivity index (χ1v) is 3.02. The molecule has 0 aliphatic rings. The first-order valence-electron chi connectivity index (χ1n) is 3.02. The number of rotatable bonds is 0. The van der Waals surface area contributed by atoms with Crippen molar-refractivity contribution >= 4 is 39.9 Å². The van der Waals surface area contributed by atoms with Crippen LogP contribution in [-0.2, 0) is 0 Å². The highest BCUT2D eigenvalue weighted by atomic mass is 13.9. The standard InChI is InChI=1S/C7H5B3/c1-4-2-5(8)7(10)6(9)3-4/h2-3H,1H3. The zero-order chi connectivity index (χ0) is 7.72. The molecule has 0 bridgehead atoms. The highest BCUT2D eigenvalue weighted by Gasteiger charge is 1.94. The second-order valence-electron chi connectivity index (χ2n) is 2.36. The van der Waals surface area contributed by atoms with Crippen LogP contribution in [0.4, 0.5) is 0 Å². The summed E-state index contributed by atoms with van der Waals surface area (Å²) < 4.78 is 0. The predicted octanol–water partition coefficient (Wildman–Crippen LogP) is -1.62. The molecule has 1 aromatic rings. The van der Waals surface area contributed by atoms with Crippen LogP contribution in [0.1, 0.15) is 5.56 Å². The van der Waals surface area contributed by atoms with Gasteiger partial charge >= 0.3 is 0 Å². The van der Waals surface area contributed by atoms with Crippen molar-refractivity contribution in [2.45, 2.75) is 6.92 Å². The molecular weight excluding hydrogens is 117 g/mol. The average molecular weight is 122 g/mol. The first-order chi connectivity index (χ1) is 4.61. The highest BCUT2D eigenvalue weighted by Crippen LogP contribution is 1.85. The van der Waals surface area contributed by atoms with Gasteiger partial charge in [-0.15, -0.1) is 16.4 Å². The Bertz CT molecular complexity index is 232. The molecule has 1 rings (SSSR count).